The van der Waals surface area contributed by atoms with E-state index in [-0.39, 0.29) is 46.2 Å². The number of hydrogen-bond acceptors (Lipinski definition) is 8. The number of carbonyl (C=O) groups is 4. The van der Waals surface area contributed by atoms with Gasteiger partial charge in [0.25, 0.3) is 11.8 Å². The van der Waals surface area contributed by atoms with E-state index in [0.29, 0.717) is 43.4 Å². The molecule has 53 heavy (non-hydrogen) atoms. The molecule has 13 heteroatoms. The molecule has 0 unspecified atom stereocenters. The summed E-state index contributed by atoms with van der Waals surface area (Å²) in [4.78, 5) is 50.3. The molecule has 1 fully saturated rings. The van der Waals surface area contributed by atoms with Crippen LogP contribution in [0.15, 0.2) is 95.9 Å². The van der Waals surface area contributed by atoms with Crippen LogP contribution in [0, 0.1) is 11.7 Å². The predicted octanol–water partition coefficient (Wildman–Crippen LogP) is 6.64. The third kappa shape index (κ3) is 9.53. The largest absolute Gasteiger partial charge is 0.469 e. The number of rotatable bonds is 13. The van der Waals surface area contributed by atoms with Crippen LogP contribution in [-0.4, -0.2) is 63.3 Å². The molecule has 0 aromatic heterocycles. The zero-order chi connectivity index (χ0) is 38.1. The number of methoxy groups -OCH3 is 2. The fraction of sp³-hybridized carbons (Fsp3) is 0.300. The van der Waals surface area contributed by atoms with E-state index in [1.165, 1.54) is 48.9 Å². The Morgan fingerprint density at radius 2 is 1.40 bits per heavy atom. The van der Waals surface area contributed by atoms with Gasteiger partial charge in [-0.15, -0.1) is 0 Å². The third-order valence-electron chi connectivity index (χ3n) is 9.42. The summed E-state index contributed by atoms with van der Waals surface area (Å²) < 4.78 is 52.9. The first kappa shape index (κ1) is 38.8. The smallest absolute Gasteiger partial charge is 0.337 e. The number of benzene rings is 4. The van der Waals surface area contributed by atoms with Crippen LogP contribution in [0.1, 0.15) is 74.8 Å². The highest BCUT2D eigenvalue weighted by molar-refractivity contribution is 7.89. The number of nitrogens with one attached hydrogen (secondary N) is 2. The maximum absolute atomic E-state index is 14.4. The molecule has 5 rings (SSSR count). The van der Waals surface area contributed by atoms with Gasteiger partial charge in [-0.2, -0.15) is 4.31 Å². The molecule has 4 aromatic carbocycles. The Morgan fingerprint density at radius 1 is 0.755 bits per heavy atom. The second-order valence-electron chi connectivity index (χ2n) is 12.7. The Kier molecular flexibility index (Phi) is 12.8. The summed E-state index contributed by atoms with van der Waals surface area (Å²) in [6.45, 7) is 1.95. The van der Waals surface area contributed by atoms with E-state index in [2.05, 4.69) is 10.6 Å². The standard InChI is InChI=1S/C40H42FN3O8S/c1-4-44(33-21-16-29(17-22-33)40(48)52-3)53(49,50)34-7-5-6-30(24-34)37(45)43-36-23-18-31(41)25-35(36)38(46)42-32-19-12-27(13-20-32)9-8-26-10-14-28(15-11-26)39(47)51-2/h5-7,10-15,18-20,23-25,29,33H,4,8-9,16-17,21-22H2,1-3H3,(H,42,46)(H,43,45). The predicted molar refractivity (Wildman–Crippen MR) is 198 cm³/mol. The van der Waals surface area contributed by atoms with Gasteiger partial charge < -0.3 is 20.1 Å². The second-order valence-corrected chi connectivity index (χ2v) is 14.6. The highest BCUT2D eigenvalue weighted by atomic mass is 32.2. The third-order valence-corrected chi connectivity index (χ3v) is 11.4. The minimum atomic E-state index is -4.00. The summed E-state index contributed by atoms with van der Waals surface area (Å²) in [5, 5.41) is 5.38. The maximum atomic E-state index is 14.4. The molecule has 0 heterocycles. The van der Waals surface area contributed by atoms with Crippen LogP contribution in [0.5, 0.6) is 0 Å². The van der Waals surface area contributed by atoms with Crippen LogP contribution in [0.3, 0.4) is 0 Å². The first-order chi connectivity index (χ1) is 25.4. The van der Waals surface area contributed by atoms with Crippen LogP contribution >= 0.6 is 0 Å². The molecule has 278 valence electrons. The molecular weight excluding hydrogens is 702 g/mol. The highest BCUT2D eigenvalue weighted by Crippen LogP contribution is 2.32. The van der Waals surface area contributed by atoms with Crippen molar-refractivity contribution in [3.63, 3.8) is 0 Å². The molecule has 0 bridgehead atoms. The van der Waals surface area contributed by atoms with E-state index in [1.807, 2.05) is 24.3 Å². The van der Waals surface area contributed by atoms with Crippen molar-refractivity contribution in [3.8, 4) is 0 Å². The number of esters is 2. The number of halogens is 1. The molecule has 11 nitrogen and oxygen atoms in total. The van der Waals surface area contributed by atoms with Crippen molar-refractivity contribution < 1.29 is 41.5 Å². The van der Waals surface area contributed by atoms with Crippen molar-refractivity contribution >= 4 is 45.2 Å². The SMILES string of the molecule is CCN(C1CCC(C(=O)OC)CC1)S(=O)(=O)c1cccc(C(=O)Nc2ccc(F)cc2C(=O)Nc2ccc(CCc3ccc(C(=O)OC)cc3)cc2)c1. The fourth-order valence-electron chi connectivity index (χ4n) is 6.50. The molecule has 2 N–H and O–H groups in total. The van der Waals surface area contributed by atoms with Crippen LogP contribution in [-0.2, 0) is 37.1 Å². The van der Waals surface area contributed by atoms with Gasteiger partial charge in [-0.1, -0.05) is 37.3 Å². The number of sulfonamides is 1. The number of amides is 2. The summed E-state index contributed by atoms with van der Waals surface area (Å²) in [7, 11) is -1.33. The molecule has 4 aromatic rings. The molecule has 0 atom stereocenters. The highest BCUT2D eigenvalue weighted by Gasteiger charge is 2.35. The summed E-state index contributed by atoms with van der Waals surface area (Å²) in [6, 6.07) is 23.0. The van der Waals surface area contributed by atoms with Crippen molar-refractivity contribution in [1.29, 1.82) is 0 Å². The zero-order valence-corrected chi connectivity index (χ0v) is 30.6. The first-order valence-corrected chi connectivity index (χ1v) is 18.8. The number of anilines is 2. The second kappa shape index (κ2) is 17.4. The van der Waals surface area contributed by atoms with Gasteiger partial charge in [0.2, 0.25) is 10.0 Å². The van der Waals surface area contributed by atoms with Crippen molar-refractivity contribution in [2.75, 3.05) is 31.4 Å². The lowest BCUT2D eigenvalue weighted by Gasteiger charge is -2.34. The normalized spacial score (nSPS) is 15.7. The molecule has 0 aliphatic heterocycles. The molecule has 1 aliphatic carbocycles. The van der Waals surface area contributed by atoms with Crippen molar-refractivity contribution in [1.82, 2.24) is 4.31 Å². The van der Waals surface area contributed by atoms with Crippen molar-refractivity contribution in [2.24, 2.45) is 5.92 Å². The van der Waals surface area contributed by atoms with Gasteiger partial charge in [-0.3, -0.25) is 14.4 Å². The molecule has 0 saturated heterocycles. The Bertz CT molecular complexity index is 2060. The summed E-state index contributed by atoms with van der Waals surface area (Å²) in [5.74, 6) is -2.97. The molecule has 1 saturated carbocycles. The molecule has 2 amide bonds. The van der Waals surface area contributed by atoms with Crippen molar-refractivity contribution in [3.05, 3.63) is 125 Å². The van der Waals surface area contributed by atoms with Gasteiger partial charge in [-0.25, -0.2) is 17.6 Å². The number of hydrogen-bond donors (Lipinski definition) is 2. The van der Waals surface area contributed by atoms with Gasteiger partial charge in [-0.05, 0) is 110 Å². The lowest BCUT2D eigenvalue weighted by molar-refractivity contribution is -0.146. The van der Waals surface area contributed by atoms with E-state index in [4.69, 9.17) is 9.47 Å². The minimum absolute atomic E-state index is 0.0298. The summed E-state index contributed by atoms with van der Waals surface area (Å²) >= 11 is 0. The van der Waals surface area contributed by atoms with Gasteiger partial charge in [0, 0.05) is 23.8 Å². The van der Waals surface area contributed by atoms with Crippen LogP contribution in [0.4, 0.5) is 15.8 Å². The van der Waals surface area contributed by atoms with E-state index < -0.39 is 33.6 Å². The minimum Gasteiger partial charge on any atom is -0.469 e. The summed E-state index contributed by atoms with van der Waals surface area (Å²) in [5.41, 5.74) is 2.93. The number of ether oxygens (including phenoxy) is 2. The average Bonchev–Trinajstić information content (AvgIpc) is 3.18. The Labute approximate surface area is 308 Å². The van der Waals surface area contributed by atoms with Gasteiger partial charge in [0.15, 0.2) is 0 Å². The maximum Gasteiger partial charge on any atom is 0.337 e. The van der Waals surface area contributed by atoms with E-state index in [0.717, 1.165) is 29.7 Å². The molecular formula is C40H42FN3O8S. The van der Waals surface area contributed by atoms with Crippen LogP contribution in [0.2, 0.25) is 0 Å². The van der Waals surface area contributed by atoms with E-state index in [1.54, 1.807) is 31.2 Å². The molecule has 0 radical (unpaired) electrons. The van der Waals surface area contributed by atoms with E-state index >= 15 is 0 Å². The monoisotopic (exact) mass is 743 g/mol. The average molecular weight is 744 g/mol. The van der Waals surface area contributed by atoms with Gasteiger partial charge in [0.1, 0.15) is 5.82 Å². The Balaban J connectivity index is 1.23. The fourth-order valence-corrected chi connectivity index (χ4v) is 8.24. The lowest BCUT2D eigenvalue weighted by atomic mass is 9.86. The Hall–Kier alpha value is -5.40. The Morgan fingerprint density at radius 3 is 2.00 bits per heavy atom. The summed E-state index contributed by atoms with van der Waals surface area (Å²) in [6.07, 6.45) is 3.47. The van der Waals surface area contributed by atoms with Gasteiger partial charge in [0.05, 0.1) is 41.8 Å². The lowest BCUT2D eigenvalue weighted by Crippen LogP contribution is -2.43. The number of aryl methyl sites for hydroxylation is 2. The van der Waals surface area contributed by atoms with Crippen molar-refractivity contribution in [2.45, 2.75) is 56.4 Å². The van der Waals surface area contributed by atoms with Crippen LogP contribution < -0.4 is 10.6 Å². The number of carbonyl (C=O) groups excluding carboxylic acids is 4. The zero-order valence-electron chi connectivity index (χ0n) is 29.8. The first-order valence-electron chi connectivity index (χ1n) is 17.3. The quantitative estimate of drug-likeness (QED) is 0.145. The number of nitrogens with zero attached hydrogens (tertiary/aromatic N) is 1. The molecule has 0 spiro atoms. The van der Waals surface area contributed by atoms with Crippen LogP contribution in [0.25, 0.3) is 0 Å². The topological polar surface area (TPSA) is 148 Å². The van der Waals surface area contributed by atoms with E-state index in [9.17, 15) is 32.0 Å². The molecule has 1 aliphatic rings. The van der Waals surface area contributed by atoms with Gasteiger partial charge >= 0.3 is 11.9 Å².